The molecule has 2 aromatic rings. The minimum Gasteiger partial charge on any atom is -0.352 e. The summed E-state index contributed by atoms with van der Waals surface area (Å²) < 4.78 is 0. The molecule has 2 aromatic carbocycles. The first kappa shape index (κ1) is 13.8. The predicted octanol–water partition coefficient (Wildman–Crippen LogP) is 2.57. The number of aryl methyl sites for hydroxylation is 1. The second kappa shape index (κ2) is 6.10. The zero-order valence-electron chi connectivity index (χ0n) is 12.3. The lowest BCUT2D eigenvalue weighted by Crippen LogP contribution is -2.25. The topological polar surface area (TPSA) is 41.1 Å². The van der Waals surface area contributed by atoms with E-state index in [1.807, 2.05) is 18.2 Å². The largest absolute Gasteiger partial charge is 0.352 e. The smallest absolute Gasteiger partial charge is 0.251 e. The van der Waals surface area contributed by atoms with Crippen molar-refractivity contribution >= 4 is 5.91 Å². The average molecular weight is 280 g/mol. The van der Waals surface area contributed by atoms with Gasteiger partial charge in [-0.15, -0.1) is 0 Å². The van der Waals surface area contributed by atoms with Gasteiger partial charge in [0.25, 0.3) is 5.91 Å². The van der Waals surface area contributed by atoms with Crippen molar-refractivity contribution in [2.24, 2.45) is 0 Å². The van der Waals surface area contributed by atoms with Gasteiger partial charge in [0.1, 0.15) is 0 Å². The normalized spacial score (nSPS) is 13.0. The number of rotatable bonds is 4. The quantitative estimate of drug-likeness (QED) is 0.904. The summed E-state index contributed by atoms with van der Waals surface area (Å²) in [5, 5.41) is 6.29. The van der Waals surface area contributed by atoms with E-state index in [4.69, 9.17) is 0 Å². The third kappa shape index (κ3) is 3.31. The second-order valence-electron chi connectivity index (χ2n) is 5.58. The Balaban J connectivity index is 1.57. The number of hydrogen-bond donors (Lipinski definition) is 2. The van der Waals surface area contributed by atoms with E-state index in [0.717, 1.165) is 25.1 Å². The molecule has 0 saturated heterocycles. The van der Waals surface area contributed by atoms with Crippen LogP contribution in [0.2, 0.25) is 0 Å². The molecule has 0 radical (unpaired) electrons. The van der Waals surface area contributed by atoms with Crippen LogP contribution < -0.4 is 10.6 Å². The molecule has 0 spiro atoms. The fourth-order valence-electron chi connectivity index (χ4n) is 2.73. The minimum atomic E-state index is 0.0114. The monoisotopic (exact) mass is 280 g/mol. The van der Waals surface area contributed by atoms with E-state index < -0.39 is 0 Å². The molecule has 0 aliphatic carbocycles. The van der Waals surface area contributed by atoms with E-state index in [2.05, 4.69) is 41.8 Å². The maximum atomic E-state index is 12.2. The molecular weight excluding hydrogens is 260 g/mol. The minimum absolute atomic E-state index is 0.0114. The highest BCUT2D eigenvalue weighted by molar-refractivity contribution is 5.94. The van der Waals surface area contributed by atoms with Gasteiger partial charge in [0, 0.05) is 25.2 Å². The van der Waals surface area contributed by atoms with Crippen LogP contribution in [0.1, 0.15) is 32.6 Å². The highest BCUT2D eigenvalue weighted by Crippen LogP contribution is 2.16. The van der Waals surface area contributed by atoms with Crippen molar-refractivity contribution in [2.75, 3.05) is 6.54 Å². The highest BCUT2D eigenvalue weighted by atomic mass is 16.1. The molecule has 108 valence electrons. The van der Waals surface area contributed by atoms with E-state index in [9.17, 15) is 4.79 Å². The van der Waals surface area contributed by atoms with Crippen LogP contribution in [0.25, 0.3) is 0 Å². The molecule has 3 rings (SSSR count). The lowest BCUT2D eigenvalue weighted by molar-refractivity contribution is 0.0954. The van der Waals surface area contributed by atoms with Crippen molar-refractivity contribution in [3.8, 4) is 0 Å². The van der Waals surface area contributed by atoms with E-state index in [1.54, 1.807) is 0 Å². The summed E-state index contributed by atoms with van der Waals surface area (Å²) in [4.78, 5) is 12.2. The molecule has 1 heterocycles. The van der Waals surface area contributed by atoms with Gasteiger partial charge in [-0.1, -0.05) is 35.9 Å². The molecule has 0 atom stereocenters. The SMILES string of the molecule is Cc1cccc(CCNC(=O)c2ccc3c(c2)CNC3)c1. The fourth-order valence-corrected chi connectivity index (χ4v) is 2.73. The van der Waals surface area contributed by atoms with Gasteiger partial charge >= 0.3 is 0 Å². The van der Waals surface area contributed by atoms with Crippen molar-refractivity contribution in [1.29, 1.82) is 0 Å². The Morgan fingerprint density at radius 3 is 2.86 bits per heavy atom. The van der Waals surface area contributed by atoms with Crippen molar-refractivity contribution in [3.05, 3.63) is 70.3 Å². The molecular formula is C18H20N2O. The molecule has 0 fully saturated rings. The Kier molecular flexibility index (Phi) is 4.02. The molecule has 1 amide bonds. The number of amides is 1. The number of nitrogens with one attached hydrogen (secondary N) is 2. The van der Waals surface area contributed by atoms with Crippen molar-refractivity contribution in [2.45, 2.75) is 26.4 Å². The first-order chi connectivity index (χ1) is 10.2. The lowest BCUT2D eigenvalue weighted by atomic mass is 10.1. The summed E-state index contributed by atoms with van der Waals surface area (Å²) >= 11 is 0. The van der Waals surface area contributed by atoms with Gasteiger partial charge in [0.05, 0.1) is 0 Å². The number of hydrogen-bond acceptors (Lipinski definition) is 2. The van der Waals surface area contributed by atoms with Gasteiger partial charge < -0.3 is 10.6 Å². The highest BCUT2D eigenvalue weighted by Gasteiger charge is 2.13. The first-order valence-corrected chi connectivity index (χ1v) is 7.38. The summed E-state index contributed by atoms with van der Waals surface area (Å²) in [6.07, 6.45) is 0.861. The van der Waals surface area contributed by atoms with E-state index >= 15 is 0 Å². The number of carbonyl (C=O) groups is 1. The van der Waals surface area contributed by atoms with Crippen molar-refractivity contribution in [1.82, 2.24) is 10.6 Å². The summed E-state index contributed by atoms with van der Waals surface area (Å²) in [7, 11) is 0. The van der Waals surface area contributed by atoms with Gasteiger partial charge in [-0.2, -0.15) is 0 Å². The van der Waals surface area contributed by atoms with Crippen LogP contribution >= 0.6 is 0 Å². The van der Waals surface area contributed by atoms with Crippen LogP contribution in [0.5, 0.6) is 0 Å². The fraction of sp³-hybridized carbons (Fsp3) is 0.278. The molecule has 0 bridgehead atoms. The maximum Gasteiger partial charge on any atom is 0.251 e. The second-order valence-corrected chi connectivity index (χ2v) is 5.58. The Hall–Kier alpha value is -2.13. The molecule has 21 heavy (non-hydrogen) atoms. The van der Waals surface area contributed by atoms with Crippen LogP contribution in [0.15, 0.2) is 42.5 Å². The van der Waals surface area contributed by atoms with Gasteiger partial charge in [0.2, 0.25) is 0 Å². The van der Waals surface area contributed by atoms with Crippen LogP contribution in [0, 0.1) is 6.92 Å². The number of carbonyl (C=O) groups excluding carboxylic acids is 1. The maximum absolute atomic E-state index is 12.2. The van der Waals surface area contributed by atoms with Crippen LogP contribution in [0.3, 0.4) is 0 Å². The molecule has 0 unspecified atom stereocenters. The standard InChI is InChI=1S/C18H20N2O/c1-13-3-2-4-14(9-13)7-8-20-18(21)15-5-6-16-11-19-12-17(16)10-15/h2-6,9-10,19H,7-8,11-12H2,1H3,(H,20,21). The Labute approximate surface area is 125 Å². The van der Waals surface area contributed by atoms with Crippen molar-refractivity contribution in [3.63, 3.8) is 0 Å². The Morgan fingerprint density at radius 2 is 2.00 bits per heavy atom. The summed E-state index contributed by atoms with van der Waals surface area (Å²) in [5.74, 6) is 0.0114. The van der Waals surface area contributed by atoms with Gasteiger partial charge in [-0.05, 0) is 42.2 Å². The lowest BCUT2D eigenvalue weighted by Gasteiger charge is -2.07. The molecule has 0 aromatic heterocycles. The molecule has 1 aliphatic heterocycles. The summed E-state index contributed by atoms with van der Waals surface area (Å²) in [5.41, 5.74) is 5.80. The third-order valence-electron chi connectivity index (χ3n) is 3.88. The zero-order valence-corrected chi connectivity index (χ0v) is 12.3. The number of benzene rings is 2. The van der Waals surface area contributed by atoms with Crippen LogP contribution in [-0.4, -0.2) is 12.5 Å². The Bertz CT molecular complexity index is 664. The zero-order chi connectivity index (χ0) is 14.7. The predicted molar refractivity (Wildman–Crippen MR) is 84.2 cm³/mol. The van der Waals surface area contributed by atoms with Gasteiger partial charge in [-0.3, -0.25) is 4.79 Å². The molecule has 0 saturated carbocycles. The van der Waals surface area contributed by atoms with Gasteiger partial charge in [0.15, 0.2) is 0 Å². The first-order valence-electron chi connectivity index (χ1n) is 7.38. The molecule has 2 N–H and O–H groups in total. The van der Waals surface area contributed by atoms with Crippen LogP contribution in [0.4, 0.5) is 0 Å². The summed E-state index contributed by atoms with van der Waals surface area (Å²) in [6.45, 7) is 4.52. The van der Waals surface area contributed by atoms with Crippen molar-refractivity contribution < 1.29 is 4.79 Å². The molecule has 1 aliphatic rings. The molecule has 3 heteroatoms. The van der Waals surface area contributed by atoms with E-state index in [1.165, 1.54) is 22.3 Å². The van der Waals surface area contributed by atoms with Gasteiger partial charge in [-0.25, -0.2) is 0 Å². The van der Waals surface area contributed by atoms with E-state index in [0.29, 0.717) is 6.54 Å². The molecule has 3 nitrogen and oxygen atoms in total. The van der Waals surface area contributed by atoms with Crippen LogP contribution in [-0.2, 0) is 19.5 Å². The number of fused-ring (bicyclic) bond motifs is 1. The van der Waals surface area contributed by atoms with E-state index in [-0.39, 0.29) is 5.91 Å². The third-order valence-corrected chi connectivity index (χ3v) is 3.88. The average Bonchev–Trinajstić information content (AvgIpc) is 2.94. The summed E-state index contributed by atoms with van der Waals surface area (Å²) in [6, 6.07) is 14.4. The Morgan fingerprint density at radius 1 is 1.14 bits per heavy atom.